The first kappa shape index (κ1) is 23.9. The van der Waals surface area contributed by atoms with Crippen molar-refractivity contribution in [2.75, 3.05) is 23.8 Å². The van der Waals surface area contributed by atoms with Gasteiger partial charge in [-0.2, -0.15) is 0 Å². The van der Waals surface area contributed by atoms with Crippen LogP contribution in [0.4, 0.5) is 16.2 Å². The zero-order valence-corrected chi connectivity index (χ0v) is 17.5. The summed E-state index contributed by atoms with van der Waals surface area (Å²) in [6.45, 7) is 8.90. The summed E-state index contributed by atoms with van der Waals surface area (Å²) in [6, 6.07) is 4.28. The fourth-order valence-corrected chi connectivity index (χ4v) is 2.73. The lowest BCUT2D eigenvalue weighted by molar-refractivity contribution is -0.115. The van der Waals surface area contributed by atoms with Gasteiger partial charge in [-0.3, -0.25) is 14.4 Å². The Morgan fingerprint density at radius 1 is 0.966 bits per heavy atom. The molecule has 4 amide bonds. The molecule has 0 saturated heterocycles. The van der Waals surface area contributed by atoms with Gasteiger partial charge in [-0.15, -0.1) is 0 Å². The maximum atomic E-state index is 12.6. The summed E-state index contributed by atoms with van der Waals surface area (Å²) in [5.74, 6) is -0.699. The van der Waals surface area contributed by atoms with Crippen molar-refractivity contribution in [3.63, 3.8) is 0 Å². The van der Waals surface area contributed by atoms with Gasteiger partial charge in [0.25, 0.3) is 5.91 Å². The molecule has 0 spiro atoms. The van der Waals surface area contributed by atoms with Crippen molar-refractivity contribution in [1.82, 2.24) is 10.6 Å². The van der Waals surface area contributed by atoms with Crippen LogP contribution in [-0.2, 0) is 14.3 Å². The molecule has 0 radical (unpaired) electrons. The SMILES string of the molecule is CCOC(=O)NC(CNC(=O)c1cc(NC(C)=O)cc(NC(C)=O)c1)CC(C)C. The first-order chi connectivity index (χ1) is 13.6. The number of amides is 4. The van der Waals surface area contributed by atoms with Gasteiger partial charge in [-0.05, 0) is 37.5 Å². The summed E-state index contributed by atoms with van der Waals surface area (Å²) in [6.07, 6.45) is 0.121. The number of alkyl carbamates (subject to hydrolysis) is 1. The summed E-state index contributed by atoms with van der Waals surface area (Å²) in [5.41, 5.74) is 1.04. The second-order valence-corrected chi connectivity index (χ2v) is 7.06. The Morgan fingerprint density at radius 2 is 1.52 bits per heavy atom. The van der Waals surface area contributed by atoms with Crippen molar-refractivity contribution < 1.29 is 23.9 Å². The highest BCUT2D eigenvalue weighted by Gasteiger charge is 2.17. The summed E-state index contributed by atoms with van der Waals surface area (Å²) in [4.78, 5) is 47.1. The van der Waals surface area contributed by atoms with Crippen molar-refractivity contribution in [3.05, 3.63) is 23.8 Å². The van der Waals surface area contributed by atoms with Gasteiger partial charge in [0.15, 0.2) is 0 Å². The Bertz CT molecular complexity index is 714. The Morgan fingerprint density at radius 3 is 1.97 bits per heavy atom. The maximum Gasteiger partial charge on any atom is 0.407 e. The van der Waals surface area contributed by atoms with E-state index in [1.807, 2.05) is 13.8 Å². The number of carbonyl (C=O) groups is 4. The predicted octanol–water partition coefficient (Wildman–Crippen LogP) is 2.49. The lowest BCUT2D eigenvalue weighted by Crippen LogP contribution is -2.44. The Balaban J connectivity index is 2.92. The van der Waals surface area contributed by atoms with Crippen LogP contribution in [-0.4, -0.2) is 43.0 Å². The van der Waals surface area contributed by atoms with Crippen molar-refractivity contribution in [1.29, 1.82) is 0 Å². The number of hydrogen-bond acceptors (Lipinski definition) is 5. The fraction of sp³-hybridized carbons (Fsp3) is 0.500. The third-order valence-corrected chi connectivity index (χ3v) is 3.70. The van der Waals surface area contributed by atoms with Crippen molar-refractivity contribution in [2.45, 2.75) is 47.1 Å². The van der Waals surface area contributed by atoms with E-state index in [2.05, 4.69) is 21.3 Å². The van der Waals surface area contributed by atoms with E-state index in [-0.39, 0.29) is 36.6 Å². The molecule has 1 aromatic carbocycles. The molecule has 9 heteroatoms. The van der Waals surface area contributed by atoms with Crippen LogP contribution in [0.25, 0.3) is 0 Å². The predicted molar refractivity (Wildman–Crippen MR) is 111 cm³/mol. The van der Waals surface area contributed by atoms with Crippen molar-refractivity contribution in [2.24, 2.45) is 5.92 Å². The Hall–Kier alpha value is -3.10. The highest BCUT2D eigenvalue weighted by Crippen LogP contribution is 2.19. The average molecular weight is 406 g/mol. The summed E-state index contributed by atoms with van der Waals surface area (Å²) in [5, 5.41) is 10.7. The van der Waals surface area contributed by atoms with Gasteiger partial charge in [-0.1, -0.05) is 13.8 Å². The molecule has 0 bridgehead atoms. The highest BCUT2D eigenvalue weighted by atomic mass is 16.5. The average Bonchev–Trinajstić information content (AvgIpc) is 2.57. The number of nitrogens with one attached hydrogen (secondary N) is 4. The Kier molecular flexibility index (Phi) is 9.64. The molecule has 0 saturated carbocycles. The summed E-state index contributed by atoms with van der Waals surface area (Å²) in [7, 11) is 0. The number of ether oxygens (including phenoxy) is 1. The van der Waals surface area contributed by atoms with Crippen molar-refractivity contribution >= 4 is 35.2 Å². The molecule has 0 aliphatic heterocycles. The number of hydrogen-bond donors (Lipinski definition) is 4. The van der Waals surface area contributed by atoms with E-state index in [1.165, 1.54) is 26.0 Å². The molecular formula is C20H30N4O5. The number of carbonyl (C=O) groups excluding carboxylic acids is 4. The van der Waals surface area contributed by atoms with Crippen LogP contribution in [0.3, 0.4) is 0 Å². The lowest BCUT2D eigenvalue weighted by atomic mass is 10.0. The van der Waals surface area contributed by atoms with Crippen LogP contribution in [0, 0.1) is 5.92 Å². The molecule has 1 atom stereocenters. The van der Waals surface area contributed by atoms with Crippen LogP contribution in [0.15, 0.2) is 18.2 Å². The molecule has 160 valence electrons. The van der Waals surface area contributed by atoms with Crippen LogP contribution in [0.2, 0.25) is 0 Å². The number of rotatable bonds is 9. The second-order valence-electron chi connectivity index (χ2n) is 7.06. The van der Waals surface area contributed by atoms with Crippen molar-refractivity contribution in [3.8, 4) is 0 Å². The molecule has 1 rings (SSSR count). The summed E-state index contributed by atoms with van der Waals surface area (Å²) >= 11 is 0. The summed E-state index contributed by atoms with van der Waals surface area (Å²) < 4.78 is 4.91. The number of anilines is 2. The van der Waals surface area contributed by atoms with Crippen LogP contribution in [0.5, 0.6) is 0 Å². The molecule has 0 aliphatic rings. The molecule has 4 N–H and O–H groups in total. The third kappa shape index (κ3) is 9.59. The van der Waals surface area contributed by atoms with E-state index in [0.29, 0.717) is 23.7 Å². The van der Waals surface area contributed by atoms with Crippen LogP contribution in [0.1, 0.15) is 51.4 Å². The molecule has 9 nitrogen and oxygen atoms in total. The zero-order valence-electron chi connectivity index (χ0n) is 17.5. The molecular weight excluding hydrogens is 376 g/mol. The second kappa shape index (κ2) is 11.7. The van der Waals surface area contributed by atoms with E-state index in [0.717, 1.165) is 0 Å². The molecule has 0 fully saturated rings. The van der Waals surface area contributed by atoms with Gasteiger partial charge in [0.2, 0.25) is 11.8 Å². The van der Waals surface area contributed by atoms with E-state index >= 15 is 0 Å². The monoisotopic (exact) mass is 406 g/mol. The van der Waals surface area contributed by atoms with E-state index < -0.39 is 12.0 Å². The number of benzene rings is 1. The van der Waals surface area contributed by atoms with Gasteiger partial charge in [-0.25, -0.2) is 4.79 Å². The highest BCUT2D eigenvalue weighted by molar-refractivity contribution is 5.99. The van der Waals surface area contributed by atoms with Crippen LogP contribution >= 0.6 is 0 Å². The van der Waals surface area contributed by atoms with E-state index in [1.54, 1.807) is 13.0 Å². The molecule has 0 aromatic heterocycles. The van der Waals surface area contributed by atoms with Gasteiger partial charge in [0, 0.05) is 43.4 Å². The first-order valence-electron chi connectivity index (χ1n) is 9.52. The maximum absolute atomic E-state index is 12.6. The first-order valence-corrected chi connectivity index (χ1v) is 9.52. The van der Waals surface area contributed by atoms with Gasteiger partial charge >= 0.3 is 6.09 Å². The largest absolute Gasteiger partial charge is 0.450 e. The third-order valence-electron chi connectivity index (χ3n) is 3.70. The Labute approximate surface area is 170 Å². The molecule has 0 aliphatic carbocycles. The molecule has 1 unspecified atom stereocenters. The normalized spacial score (nSPS) is 11.4. The zero-order chi connectivity index (χ0) is 22.0. The van der Waals surface area contributed by atoms with E-state index in [9.17, 15) is 19.2 Å². The minimum atomic E-state index is -0.534. The standard InChI is InChI=1S/C20H30N4O5/c1-6-29-20(28)24-18(7-12(2)3)11-21-19(27)15-8-16(22-13(4)25)10-17(9-15)23-14(5)26/h8-10,12,18H,6-7,11H2,1-5H3,(H,21,27)(H,22,25)(H,23,26)(H,24,28). The van der Waals surface area contributed by atoms with Gasteiger partial charge in [0.1, 0.15) is 0 Å². The molecule has 0 heterocycles. The smallest absolute Gasteiger partial charge is 0.407 e. The molecule has 29 heavy (non-hydrogen) atoms. The topological polar surface area (TPSA) is 126 Å². The quantitative estimate of drug-likeness (QED) is 0.501. The lowest BCUT2D eigenvalue weighted by Gasteiger charge is -2.21. The molecule has 1 aromatic rings. The minimum absolute atomic E-state index is 0.204. The van der Waals surface area contributed by atoms with Gasteiger partial charge < -0.3 is 26.0 Å². The van der Waals surface area contributed by atoms with E-state index in [4.69, 9.17) is 4.74 Å². The van der Waals surface area contributed by atoms with Gasteiger partial charge in [0.05, 0.1) is 6.61 Å². The van der Waals surface area contributed by atoms with Crippen LogP contribution < -0.4 is 21.3 Å². The minimum Gasteiger partial charge on any atom is -0.450 e. The fourth-order valence-electron chi connectivity index (χ4n) is 2.73.